The molecule has 0 saturated heterocycles. The fourth-order valence-corrected chi connectivity index (χ4v) is 1.19. The van der Waals surface area contributed by atoms with Crippen molar-refractivity contribution in [2.24, 2.45) is 0 Å². The molecule has 1 unspecified atom stereocenters. The molecule has 0 aliphatic heterocycles. The molecule has 0 aliphatic rings. The van der Waals surface area contributed by atoms with Crippen LogP contribution < -0.4 is 5.32 Å². The summed E-state index contributed by atoms with van der Waals surface area (Å²) in [4.78, 5) is 0. The highest BCUT2D eigenvalue weighted by Crippen LogP contribution is 2.11. The third kappa shape index (κ3) is 3.10. The number of rotatable bonds is 6. The molecule has 0 radical (unpaired) electrons. The molecule has 80 valence electrons. The van der Waals surface area contributed by atoms with Crippen molar-refractivity contribution in [1.82, 2.24) is 15.5 Å². The molecule has 4 nitrogen and oxygen atoms in total. The Hall–Kier alpha value is -0.900. The molecule has 0 saturated carbocycles. The standard InChI is InChI=1S/C10H19N3O/c1-4-5-6-7-9-12-13-10(14-9)8(2)11-3/h8,11H,4-7H2,1-3H3. The van der Waals surface area contributed by atoms with Gasteiger partial charge in [-0.25, -0.2) is 0 Å². The zero-order valence-electron chi connectivity index (χ0n) is 9.21. The number of nitrogens with zero attached hydrogens (tertiary/aromatic N) is 2. The van der Waals surface area contributed by atoms with Gasteiger partial charge in [-0.3, -0.25) is 0 Å². The summed E-state index contributed by atoms with van der Waals surface area (Å²) in [5.41, 5.74) is 0. The summed E-state index contributed by atoms with van der Waals surface area (Å²) < 4.78 is 5.50. The highest BCUT2D eigenvalue weighted by atomic mass is 16.4. The SMILES string of the molecule is CCCCCc1nnc(C(C)NC)o1. The van der Waals surface area contributed by atoms with Crippen molar-refractivity contribution in [1.29, 1.82) is 0 Å². The highest BCUT2D eigenvalue weighted by molar-refractivity contribution is 4.87. The summed E-state index contributed by atoms with van der Waals surface area (Å²) in [6, 6.07) is 0.141. The lowest BCUT2D eigenvalue weighted by Gasteiger charge is -2.02. The lowest BCUT2D eigenvalue weighted by Crippen LogP contribution is -2.12. The zero-order valence-corrected chi connectivity index (χ0v) is 9.21. The van der Waals surface area contributed by atoms with Crippen LogP contribution in [0.2, 0.25) is 0 Å². The van der Waals surface area contributed by atoms with E-state index in [9.17, 15) is 0 Å². The average Bonchev–Trinajstić information content (AvgIpc) is 2.66. The third-order valence-corrected chi connectivity index (χ3v) is 2.28. The van der Waals surface area contributed by atoms with E-state index in [-0.39, 0.29) is 6.04 Å². The van der Waals surface area contributed by atoms with Crippen LogP contribution in [0.25, 0.3) is 0 Å². The summed E-state index contributed by atoms with van der Waals surface area (Å²) in [7, 11) is 1.88. The number of hydrogen-bond donors (Lipinski definition) is 1. The lowest BCUT2D eigenvalue weighted by molar-refractivity contribution is 0.401. The minimum atomic E-state index is 0.141. The molecule has 4 heteroatoms. The van der Waals surface area contributed by atoms with Gasteiger partial charge in [0.05, 0.1) is 6.04 Å². The van der Waals surface area contributed by atoms with E-state index in [2.05, 4.69) is 22.4 Å². The van der Waals surface area contributed by atoms with Gasteiger partial charge in [-0.2, -0.15) is 0 Å². The van der Waals surface area contributed by atoms with Gasteiger partial charge in [0.2, 0.25) is 11.8 Å². The molecule has 1 heterocycles. The van der Waals surface area contributed by atoms with E-state index in [1.54, 1.807) is 0 Å². The van der Waals surface area contributed by atoms with Gasteiger partial charge in [0.25, 0.3) is 0 Å². The van der Waals surface area contributed by atoms with E-state index in [0.717, 1.165) is 18.7 Å². The zero-order chi connectivity index (χ0) is 10.4. The van der Waals surface area contributed by atoms with Gasteiger partial charge >= 0.3 is 0 Å². The van der Waals surface area contributed by atoms with Crippen molar-refractivity contribution in [2.45, 2.75) is 45.6 Å². The van der Waals surface area contributed by atoms with E-state index >= 15 is 0 Å². The van der Waals surface area contributed by atoms with Crippen LogP contribution in [0.1, 0.15) is 50.9 Å². The van der Waals surface area contributed by atoms with E-state index in [1.165, 1.54) is 12.8 Å². The fourth-order valence-electron chi connectivity index (χ4n) is 1.19. The minimum Gasteiger partial charge on any atom is -0.424 e. The van der Waals surface area contributed by atoms with Crippen molar-refractivity contribution in [3.05, 3.63) is 11.8 Å². The van der Waals surface area contributed by atoms with Crippen LogP contribution in [0.15, 0.2) is 4.42 Å². The van der Waals surface area contributed by atoms with Gasteiger partial charge in [-0.1, -0.05) is 19.8 Å². The van der Waals surface area contributed by atoms with Crippen LogP contribution in [0, 0.1) is 0 Å². The van der Waals surface area contributed by atoms with Crippen LogP contribution in [-0.2, 0) is 6.42 Å². The number of aromatic nitrogens is 2. The van der Waals surface area contributed by atoms with Crippen molar-refractivity contribution in [3.63, 3.8) is 0 Å². The Bertz CT molecular complexity index is 260. The highest BCUT2D eigenvalue weighted by Gasteiger charge is 2.10. The quantitative estimate of drug-likeness (QED) is 0.709. The fraction of sp³-hybridized carbons (Fsp3) is 0.800. The van der Waals surface area contributed by atoms with E-state index in [0.29, 0.717) is 5.89 Å². The Kier molecular flexibility index (Phi) is 4.59. The van der Waals surface area contributed by atoms with Crippen molar-refractivity contribution in [3.8, 4) is 0 Å². The molecule has 0 fully saturated rings. The molecule has 0 amide bonds. The van der Waals surface area contributed by atoms with Gasteiger partial charge in [-0.15, -0.1) is 10.2 Å². The summed E-state index contributed by atoms with van der Waals surface area (Å²) in [5, 5.41) is 11.1. The van der Waals surface area contributed by atoms with E-state index < -0.39 is 0 Å². The average molecular weight is 197 g/mol. The molecular weight excluding hydrogens is 178 g/mol. The second-order valence-corrected chi connectivity index (χ2v) is 3.50. The van der Waals surface area contributed by atoms with Gasteiger partial charge in [0.1, 0.15) is 0 Å². The van der Waals surface area contributed by atoms with Crippen molar-refractivity contribution >= 4 is 0 Å². The number of aryl methyl sites for hydroxylation is 1. The summed E-state index contributed by atoms with van der Waals surface area (Å²) in [5.74, 6) is 1.44. The molecule has 0 aliphatic carbocycles. The molecule has 0 bridgehead atoms. The monoisotopic (exact) mass is 197 g/mol. The maximum absolute atomic E-state index is 5.50. The Morgan fingerprint density at radius 2 is 2.14 bits per heavy atom. The molecule has 1 atom stereocenters. The lowest BCUT2D eigenvalue weighted by atomic mass is 10.2. The first-order chi connectivity index (χ1) is 6.77. The van der Waals surface area contributed by atoms with Crippen LogP contribution in [0.5, 0.6) is 0 Å². The molecule has 0 aromatic carbocycles. The number of nitrogens with one attached hydrogen (secondary N) is 1. The maximum Gasteiger partial charge on any atom is 0.233 e. The van der Waals surface area contributed by atoms with Crippen molar-refractivity contribution < 1.29 is 4.42 Å². The molecule has 14 heavy (non-hydrogen) atoms. The predicted molar refractivity (Wildman–Crippen MR) is 55.0 cm³/mol. The number of unbranched alkanes of at least 4 members (excludes halogenated alkanes) is 2. The molecular formula is C10H19N3O. The van der Waals surface area contributed by atoms with Crippen LogP contribution >= 0.6 is 0 Å². The third-order valence-electron chi connectivity index (χ3n) is 2.28. The van der Waals surface area contributed by atoms with Crippen molar-refractivity contribution in [2.75, 3.05) is 7.05 Å². The minimum absolute atomic E-state index is 0.141. The Balaban J connectivity index is 2.42. The molecule has 1 N–H and O–H groups in total. The van der Waals surface area contributed by atoms with Crippen LogP contribution in [0.4, 0.5) is 0 Å². The van der Waals surface area contributed by atoms with Gasteiger partial charge in [0, 0.05) is 6.42 Å². The first-order valence-corrected chi connectivity index (χ1v) is 5.27. The number of hydrogen-bond acceptors (Lipinski definition) is 4. The Morgan fingerprint density at radius 1 is 1.36 bits per heavy atom. The first kappa shape index (κ1) is 11.2. The summed E-state index contributed by atoms with van der Waals surface area (Å²) in [6.07, 6.45) is 4.47. The normalized spacial score (nSPS) is 13.1. The smallest absolute Gasteiger partial charge is 0.233 e. The summed E-state index contributed by atoms with van der Waals surface area (Å²) >= 11 is 0. The van der Waals surface area contributed by atoms with Gasteiger partial charge in [0.15, 0.2) is 0 Å². The predicted octanol–water partition coefficient (Wildman–Crippen LogP) is 2.08. The molecule has 0 spiro atoms. The largest absolute Gasteiger partial charge is 0.424 e. The Morgan fingerprint density at radius 3 is 2.79 bits per heavy atom. The second-order valence-electron chi connectivity index (χ2n) is 3.50. The topological polar surface area (TPSA) is 51.0 Å². The molecule has 1 aromatic rings. The molecule has 1 rings (SSSR count). The first-order valence-electron chi connectivity index (χ1n) is 5.27. The molecule has 1 aromatic heterocycles. The van der Waals surface area contributed by atoms with Gasteiger partial charge in [-0.05, 0) is 20.4 Å². The van der Waals surface area contributed by atoms with E-state index in [4.69, 9.17) is 4.42 Å². The van der Waals surface area contributed by atoms with E-state index in [1.807, 2.05) is 14.0 Å². The summed E-state index contributed by atoms with van der Waals surface area (Å²) in [6.45, 7) is 4.19. The maximum atomic E-state index is 5.50. The second kappa shape index (κ2) is 5.75. The van der Waals surface area contributed by atoms with Crippen LogP contribution in [0.3, 0.4) is 0 Å². The van der Waals surface area contributed by atoms with Crippen LogP contribution in [-0.4, -0.2) is 17.2 Å². The Labute approximate surface area is 85.1 Å². The van der Waals surface area contributed by atoms with Gasteiger partial charge < -0.3 is 9.73 Å².